The van der Waals surface area contributed by atoms with Gasteiger partial charge in [0.25, 0.3) is 5.91 Å². The number of aliphatic carboxylic acids is 1. The second kappa shape index (κ2) is 6.10. The van der Waals surface area contributed by atoms with Crippen LogP contribution in [0.1, 0.15) is 62.0 Å². The normalized spacial score (nSPS) is 26.3. The molecule has 2 unspecified atom stereocenters. The fraction of sp³-hybridized carbons (Fsp3) is 0.688. The summed E-state index contributed by atoms with van der Waals surface area (Å²) in [5.74, 6) is -1.42. The van der Waals surface area contributed by atoms with Crippen molar-refractivity contribution < 1.29 is 14.7 Å². The molecule has 2 aliphatic rings. The van der Waals surface area contributed by atoms with Crippen molar-refractivity contribution in [3.05, 3.63) is 18.0 Å². The number of nitrogens with zero attached hydrogens (tertiary/aromatic N) is 3. The quantitative estimate of drug-likeness (QED) is 0.930. The monoisotopic (exact) mass is 305 g/mol. The van der Waals surface area contributed by atoms with Crippen molar-refractivity contribution in [2.45, 2.75) is 57.5 Å². The lowest BCUT2D eigenvalue weighted by atomic mass is 9.93. The van der Waals surface area contributed by atoms with Crippen LogP contribution in [0.25, 0.3) is 0 Å². The van der Waals surface area contributed by atoms with E-state index in [2.05, 4.69) is 5.10 Å². The van der Waals surface area contributed by atoms with Gasteiger partial charge in [-0.2, -0.15) is 5.10 Å². The Labute approximate surface area is 130 Å². The van der Waals surface area contributed by atoms with Crippen LogP contribution in [0.3, 0.4) is 0 Å². The minimum absolute atomic E-state index is 0.0692. The van der Waals surface area contributed by atoms with Crippen molar-refractivity contribution in [3.63, 3.8) is 0 Å². The Bertz CT molecular complexity index is 563. The highest BCUT2D eigenvalue weighted by atomic mass is 16.4. The molecule has 0 aromatic carbocycles. The molecule has 1 aromatic rings. The molecule has 2 atom stereocenters. The predicted octanol–water partition coefficient (Wildman–Crippen LogP) is 2.32. The second-order valence-electron chi connectivity index (χ2n) is 6.54. The van der Waals surface area contributed by atoms with Gasteiger partial charge in [-0.15, -0.1) is 0 Å². The molecular weight excluding hydrogens is 282 g/mol. The van der Waals surface area contributed by atoms with Crippen molar-refractivity contribution in [1.29, 1.82) is 0 Å². The molecule has 0 radical (unpaired) electrons. The first-order chi connectivity index (χ1) is 10.6. The third-order valence-corrected chi connectivity index (χ3v) is 5.02. The maximum atomic E-state index is 12.7. The first-order valence-corrected chi connectivity index (χ1v) is 8.15. The number of carbonyl (C=O) groups excluding carboxylic acids is 1. The lowest BCUT2D eigenvalue weighted by Gasteiger charge is -2.36. The maximum Gasteiger partial charge on any atom is 0.308 e. The summed E-state index contributed by atoms with van der Waals surface area (Å²) in [7, 11) is 0. The van der Waals surface area contributed by atoms with Crippen LogP contribution in [0.4, 0.5) is 0 Å². The molecular formula is C16H23N3O3. The molecule has 2 fully saturated rings. The van der Waals surface area contributed by atoms with E-state index in [4.69, 9.17) is 0 Å². The largest absolute Gasteiger partial charge is 0.481 e. The molecule has 120 valence electrons. The van der Waals surface area contributed by atoms with Crippen LogP contribution in [0.5, 0.6) is 0 Å². The standard InChI is InChI=1S/C16H23N3O3/c1-11-6-7-12(16(21)22)10-18(11)15(20)14-8-9-19(17-14)13-4-2-3-5-13/h8-9,11-13H,2-7,10H2,1H3,(H,21,22). The average Bonchev–Trinajstić information content (AvgIpc) is 3.17. The smallest absolute Gasteiger partial charge is 0.308 e. The van der Waals surface area contributed by atoms with E-state index in [0.29, 0.717) is 18.2 Å². The molecule has 1 N–H and O–H groups in total. The Morgan fingerprint density at radius 1 is 1.23 bits per heavy atom. The molecule has 1 aliphatic heterocycles. The number of carbonyl (C=O) groups is 2. The lowest BCUT2D eigenvalue weighted by molar-refractivity contribution is -0.143. The van der Waals surface area contributed by atoms with E-state index in [9.17, 15) is 14.7 Å². The van der Waals surface area contributed by atoms with Gasteiger partial charge >= 0.3 is 5.97 Å². The Morgan fingerprint density at radius 2 is 1.95 bits per heavy atom. The first kappa shape index (κ1) is 15.1. The molecule has 3 rings (SSSR count). The van der Waals surface area contributed by atoms with Gasteiger partial charge in [0.05, 0.1) is 12.0 Å². The summed E-state index contributed by atoms with van der Waals surface area (Å²) < 4.78 is 1.91. The zero-order chi connectivity index (χ0) is 15.7. The number of rotatable bonds is 3. The van der Waals surface area contributed by atoms with E-state index in [0.717, 1.165) is 19.3 Å². The summed E-state index contributed by atoms with van der Waals surface area (Å²) in [4.78, 5) is 25.5. The highest BCUT2D eigenvalue weighted by Gasteiger charge is 2.34. The first-order valence-electron chi connectivity index (χ1n) is 8.15. The molecule has 1 amide bonds. The minimum Gasteiger partial charge on any atom is -0.481 e. The van der Waals surface area contributed by atoms with E-state index >= 15 is 0 Å². The summed E-state index contributed by atoms with van der Waals surface area (Å²) in [6.45, 7) is 2.26. The topological polar surface area (TPSA) is 75.4 Å². The van der Waals surface area contributed by atoms with Gasteiger partial charge < -0.3 is 10.0 Å². The van der Waals surface area contributed by atoms with Crippen LogP contribution in [-0.2, 0) is 4.79 Å². The number of piperidine rings is 1. The molecule has 0 bridgehead atoms. The zero-order valence-electron chi connectivity index (χ0n) is 12.9. The van der Waals surface area contributed by atoms with Crippen molar-refractivity contribution in [3.8, 4) is 0 Å². The molecule has 1 saturated carbocycles. The molecule has 6 heteroatoms. The number of carboxylic acid groups (broad SMARTS) is 1. The van der Waals surface area contributed by atoms with Gasteiger partial charge in [-0.1, -0.05) is 12.8 Å². The van der Waals surface area contributed by atoms with Crippen molar-refractivity contribution >= 4 is 11.9 Å². The number of amides is 1. The second-order valence-corrected chi connectivity index (χ2v) is 6.54. The van der Waals surface area contributed by atoms with Crippen LogP contribution in [0, 0.1) is 5.92 Å². The van der Waals surface area contributed by atoms with Crippen LogP contribution in [0.2, 0.25) is 0 Å². The van der Waals surface area contributed by atoms with Crippen LogP contribution >= 0.6 is 0 Å². The van der Waals surface area contributed by atoms with Crippen molar-refractivity contribution in [1.82, 2.24) is 14.7 Å². The Balaban J connectivity index is 1.73. The van der Waals surface area contributed by atoms with Crippen molar-refractivity contribution in [2.24, 2.45) is 5.92 Å². The fourth-order valence-electron chi connectivity index (χ4n) is 3.56. The molecule has 6 nitrogen and oxygen atoms in total. The van der Waals surface area contributed by atoms with E-state index < -0.39 is 11.9 Å². The number of hydrogen-bond acceptors (Lipinski definition) is 3. The van der Waals surface area contributed by atoms with Gasteiger partial charge in [0, 0.05) is 18.8 Å². The van der Waals surface area contributed by atoms with Crippen LogP contribution in [-0.4, -0.2) is 44.3 Å². The average molecular weight is 305 g/mol. The molecule has 1 aromatic heterocycles. The summed E-state index contributed by atoms with van der Waals surface area (Å²) in [6.07, 6.45) is 7.93. The SMILES string of the molecule is CC1CCC(C(=O)O)CN1C(=O)c1ccn(C2CCCC2)n1. The van der Waals surface area contributed by atoms with Gasteiger partial charge in [-0.05, 0) is 38.7 Å². The van der Waals surface area contributed by atoms with Gasteiger partial charge in [0.2, 0.25) is 0 Å². The predicted molar refractivity (Wildman–Crippen MR) is 80.6 cm³/mol. The van der Waals surface area contributed by atoms with Gasteiger partial charge in [-0.25, -0.2) is 0 Å². The fourth-order valence-corrected chi connectivity index (χ4v) is 3.56. The molecule has 22 heavy (non-hydrogen) atoms. The van der Waals surface area contributed by atoms with Gasteiger partial charge in [-0.3, -0.25) is 14.3 Å². The van der Waals surface area contributed by atoms with Gasteiger partial charge in [0.15, 0.2) is 0 Å². The molecule has 0 spiro atoms. The summed E-state index contributed by atoms with van der Waals surface area (Å²) in [6, 6.07) is 2.24. The highest BCUT2D eigenvalue weighted by Crippen LogP contribution is 2.29. The van der Waals surface area contributed by atoms with E-state index in [-0.39, 0.29) is 18.5 Å². The number of aromatic nitrogens is 2. The lowest BCUT2D eigenvalue weighted by Crippen LogP contribution is -2.47. The Morgan fingerprint density at radius 3 is 2.64 bits per heavy atom. The third-order valence-electron chi connectivity index (χ3n) is 5.02. The molecule has 1 aliphatic carbocycles. The molecule has 2 heterocycles. The minimum atomic E-state index is -0.818. The van der Waals surface area contributed by atoms with E-state index in [1.165, 1.54) is 12.8 Å². The summed E-state index contributed by atoms with van der Waals surface area (Å²) in [5, 5.41) is 13.6. The Kier molecular flexibility index (Phi) is 4.18. The number of carboxylic acids is 1. The van der Waals surface area contributed by atoms with Crippen LogP contribution in [0.15, 0.2) is 12.3 Å². The zero-order valence-corrected chi connectivity index (χ0v) is 12.9. The van der Waals surface area contributed by atoms with Crippen molar-refractivity contribution in [2.75, 3.05) is 6.54 Å². The highest BCUT2D eigenvalue weighted by molar-refractivity contribution is 5.92. The number of likely N-dealkylation sites (tertiary alicyclic amines) is 1. The van der Waals surface area contributed by atoms with Crippen LogP contribution < -0.4 is 0 Å². The summed E-state index contributed by atoms with van der Waals surface area (Å²) >= 11 is 0. The number of hydrogen-bond donors (Lipinski definition) is 1. The molecule has 1 saturated heterocycles. The third kappa shape index (κ3) is 2.87. The van der Waals surface area contributed by atoms with E-state index in [1.807, 2.05) is 17.8 Å². The van der Waals surface area contributed by atoms with E-state index in [1.54, 1.807) is 11.0 Å². The maximum absolute atomic E-state index is 12.7. The Hall–Kier alpha value is -1.85. The van der Waals surface area contributed by atoms with Gasteiger partial charge in [0.1, 0.15) is 5.69 Å². The summed E-state index contributed by atoms with van der Waals surface area (Å²) in [5.41, 5.74) is 0.435.